The summed E-state index contributed by atoms with van der Waals surface area (Å²) in [5.74, 6) is 0.589. The summed E-state index contributed by atoms with van der Waals surface area (Å²) in [6.07, 6.45) is 2.53. The minimum atomic E-state index is -1.00. The summed E-state index contributed by atoms with van der Waals surface area (Å²) in [7, 11) is 0. The van der Waals surface area contributed by atoms with Crippen LogP contribution in [0.15, 0.2) is 16.5 Å². The average Bonchev–Trinajstić information content (AvgIpc) is 2.63. The molecule has 0 spiro atoms. The van der Waals surface area contributed by atoms with Gasteiger partial charge in [-0.05, 0) is 24.5 Å². The molecule has 0 radical (unpaired) electrons. The third kappa shape index (κ3) is 2.44. The van der Waals surface area contributed by atoms with E-state index in [9.17, 15) is 4.79 Å². The summed E-state index contributed by atoms with van der Waals surface area (Å²) >= 11 is 0. The number of nitrogens with zero attached hydrogens (tertiary/aromatic N) is 1. The third-order valence-corrected chi connectivity index (χ3v) is 2.98. The number of likely N-dealkylation sites (tertiary alicyclic amines) is 1. The van der Waals surface area contributed by atoms with Crippen molar-refractivity contribution in [2.24, 2.45) is 5.92 Å². The van der Waals surface area contributed by atoms with Crippen molar-refractivity contribution in [3.05, 3.63) is 23.7 Å². The van der Waals surface area contributed by atoms with Gasteiger partial charge in [-0.2, -0.15) is 0 Å². The second-order valence-corrected chi connectivity index (χ2v) is 4.42. The van der Waals surface area contributed by atoms with Crippen LogP contribution in [0.25, 0.3) is 0 Å². The van der Waals surface area contributed by atoms with E-state index >= 15 is 0 Å². The number of carboxylic acids is 1. The SMILES string of the molecule is CCCC1CN(Cc2ccc(C(=O)O)o2)C1. The van der Waals surface area contributed by atoms with E-state index in [-0.39, 0.29) is 5.76 Å². The molecule has 0 atom stereocenters. The normalized spacial score (nSPS) is 17.3. The van der Waals surface area contributed by atoms with Crippen LogP contribution in [0.3, 0.4) is 0 Å². The number of carbonyl (C=O) groups is 1. The third-order valence-electron chi connectivity index (χ3n) is 2.98. The van der Waals surface area contributed by atoms with Gasteiger partial charge in [0.2, 0.25) is 5.76 Å². The van der Waals surface area contributed by atoms with Gasteiger partial charge in [-0.1, -0.05) is 13.3 Å². The van der Waals surface area contributed by atoms with Crippen molar-refractivity contribution in [2.75, 3.05) is 13.1 Å². The summed E-state index contributed by atoms with van der Waals surface area (Å²) in [4.78, 5) is 12.9. The molecule has 16 heavy (non-hydrogen) atoms. The molecule has 0 amide bonds. The first-order valence-corrected chi connectivity index (χ1v) is 5.73. The first-order chi connectivity index (χ1) is 7.69. The Kier molecular flexibility index (Phi) is 3.29. The quantitative estimate of drug-likeness (QED) is 0.831. The summed E-state index contributed by atoms with van der Waals surface area (Å²) in [5.41, 5.74) is 0. The van der Waals surface area contributed by atoms with Crippen LogP contribution in [-0.2, 0) is 6.54 Å². The van der Waals surface area contributed by atoms with Gasteiger partial charge in [0.15, 0.2) is 0 Å². The molecule has 0 saturated carbocycles. The number of aromatic carboxylic acids is 1. The molecule has 2 heterocycles. The highest BCUT2D eigenvalue weighted by Gasteiger charge is 2.26. The molecule has 1 aromatic rings. The standard InChI is InChI=1S/C12H17NO3/c1-2-3-9-6-13(7-9)8-10-4-5-11(16-10)12(14)15/h4-5,9H,2-3,6-8H2,1H3,(H,14,15). The predicted molar refractivity (Wildman–Crippen MR) is 59.3 cm³/mol. The second kappa shape index (κ2) is 4.70. The minimum absolute atomic E-state index is 0.0284. The number of hydrogen-bond donors (Lipinski definition) is 1. The monoisotopic (exact) mass is 223 g/mol. The van der Waals surface area contributed by atoms with E-state index in [1.54, 1.807) is 6.07 Å². The van der Waals surface area contributed by atoms with Crippen molar-refractivity contribution in [3.63, 3.8) is 0 Å². The van der Waals surface area contributed by atoms with Crippen LogP contribution < -0.4 is 0 Å². The van der Waals surface area contributed by atoms with Gasteiger partial charge in [0, 0.05) is 13.1 Å². The number of furan rings is 1. The molecular formula is C12H17NO3. The molecule has 1 N–H and O–H groups in total. The van der Waals surface area contributed by atoms with E-state index in [0.717, 1.165) is 31.3 Å². The molecule has 1 fully saturated rings. The first-order valence-electron chi connectivity index (χ1n) is 5.73. The zero-order valence-electron chi connectivity index (χ0n) is 9.48. The van der Waals surface area contributed by atoms with Crippen molar-refractivity contribution in [1.29, 1.82) is 0 Å². The minimum Gasteiger partial charge on any atom is -0.475 e. The van der Waals surface area contributed by atoms with E-state index < -0.39 is 5.97 Å². The zero-order valence-corrected chi connectivity index (χ0v) is 9.48. The fourth-order valence-electron chi connectivity index (χ4n) is 2.19. The molecule has 4 nitrogen and oxygen atoms in total. The highest BCUT2D eigenvalue weighted by atomic mass is 16.4. The molecule has 4 heteroatoms. The molecule has 0 aromatic carbocycles. The van der Waals surface area contributed by atoms with Crippen LogP contribution >= 0.6 is 0 Å². The van der Waals surface area contributed by atoms with Crippen LogP contribution in [0.2, 0.25) is 0 Å². The lowest BCUT2D eigenvalue weighted by molar-refractivity contribution is 0.0636. The Labute approximate surface area is 94.9 Å². The Morgan fingerprint density at radius 3 is 2.88 bits per heavy atom. The largest absolute Gasteiger partial charge is 0.475 e. The van der Waals surface area contributed by atoms with Gasteiger partial charge < -0.3 is 9.52 Å². The molecule has 2 rings (SSSR count). The van der Waals surface area contributed by atoms with Gasteiger partial charge in [0.1, 0.15) is 5.76 Å². The van der Waals surface area contributed by atoms with Crippen molar-refractivity contribution in [1.82, 2.24) is 4.90 Å². The fourth-order valence-corrected chi connectivity index (χ4v) is 2.19. The fraction of sp³-hybridized carbons (Fsp3) is 0.583. The molecule has 88 valence electrons. The topological polar surface area (TPSA) is 53.7 Å². The van der Waals surface area contributed by atoms with Gasteiger partial charge in [0.25, 0.3) is 0 Å². The van der Waals surface area contributed by atoms with Crippen LogP contribution in [-0.4, -0.2) is 29.1 Å². The van der Waals surface area contributed by atoms with Gasteiger partial charge in [0.05, 0.1) is 6.54 Å². The maximum atomic E-state index is 10.6. The molecule has 0 bridgehead atoms. The highest BCUT2D eigenvalue weighted by molar-refractivity contribution is 5.84. The van der Waals surface area contributed by atoms with Crippen molar-refractivity contribution in [2.45, 2.75) is 26.3 Å². The van der Waals surface area contributed by atoms with E-state index in [0.29, 0.717) is 0 Å². The van der Waals surface area contributed by atoms with Crippen molar-refractivity contribution >= 4 is 5.97 Å². The lowest BCUT2D eigenvalue weighted by atomic mass is 9.95. The molecule has 0 unspecified atom stereocenters. The lowest BCUT2D eigenvalue weighted by Gasteiger charge is -2.38. The average molecular weight is 223 g/mol. The smallest absolute Gasteiger partial charge is 0.371 e. The molecule has 1 aromatic heterocycles. The molecule has 1 aliphatic heterocycles. The van der Waals surface area contributed by atoms with Crippen LogP contribution in [0.5, 0.6) is 0 Å². The van der Waals surface area contributed by atoms with Gasteiger partial charge in [-0.15, -0.1) is 0 Å². The number of rotatable bonds is 5. The first kappa shape index (κ1) is 11.2. The van der Waals surface area contributed by atoms with Gasteiger partial charge in [-0.3, -0.25) is 4.90 Å². The maximum absolute atomic E-state index is 10.6. The van der Waals surface area contributed by atoms with Crippen LogP contribution in [0.4, 0.5) is 0 Å². The highest BCUT2D eigenvalue weighted by Crippen LogP contribution is 2.23. The molecule has 1 aliphatic rings. The summed E-state index contributed by atoms with van der Waals surface area (Å²) < 4.78 is 5.21. The summed E-state index contributed by atoms with van der Waals surface area (Å²) in [5, 5.41) is 8.71. The van der Waals surface area contributed by atoms with Crippen LogP contribution in [0, 0.1) is 5.92 Å². The van der Waals surface area contributed by atoms with Crippen molar-refractivity contribution < 1.29 is 14.3 Å². The van der Waals surface area contributed by atoms with Crippen LogP contribution in [0.1, 0.15) is 36.1 Å². The Bertz CT molecular complexity index is 366. The Hall–Kier alpha value is -1.29. The van der Waals surface area contributed by atoms with E-state index in [1.807, 2.05) is 0 Å². The molecule has 1 saturated heterocycles. The van der Waals surface area contributed by atoms with E-state index in [1.165, 1.54) is 18.9 Å². The number of hydrogen-bond acceptors (Lipinski definition) is 3. The van der Waals surface area contributed by atoms with E-state index in [2.05, 4.69) is 11.8 Å². The maximum Gasteiger partial charge on any atom is 0.371 e. The summed E-state index contributed by atoms with van der Waals surface area (Å²) in [6.45, 7) is 5.15. The van der Waals surface area contributed by atoms with Gasteiger partial charge in [-0.25, -0.2) is 4.79 Å². The van der Waals surface area contributed by atoms with E-state index in [4.69, 9.17) is 9.52 Å². The second-order valence-electron chi connectivity index (χ2n) is 4.42. The molecule has 0 aliphatic carbocycles. The van der Waals surface area contributed by atoms with Crippen molar-refractivity contribution in [3.8, 4) is 0 Å². The number of carboxylic acid groups (broad SMARTS) is 1. The Morgan fingerprint density at radius 2 is 2.31 bits per heavy atom. The van der Waals surface area contributed by atoms with Gasteiger partial charge >= 0.3 is 5.97 Å². The summed E-state index contributed by atoms with van der Waals surface area (Å²) in [6, 6.07) is 3.26. The molecular weight excluding hydrogens is 206 g/mol. The lowest BCUT2D eigenvalue weighted by Crippen LogP contribution is -2.45. The Balaban J connectivity index is 1.80. The predicted octanol–water partition coefficient (Wildman–Crippen LogP) is 2.21. The Morgan fingerprint density at radius 1 is 1.56 bits per heavy atom. The zero-order chi connectivity index (χ0) is 11.5.